The van der Waals surface area contributed by atoms with Gasteiger partial charge in [-0.2, -0.15) is 0 Å². The van der Waals surface area contributed by atoms with E-state index in [0.717, 1.165) is 4.90 Å². The number of para-hydroxylation sites is 2. The van der Waals surface area contributed by atoms with E-state index in [1.165, 1.54) is 36.8 Å². The maximum absolute atomic E-state index is 14.2. The predicted octanol–water partition coefficient (Wildman–Crippen LogP) is 6.24. The highest BCUT2D eigenvalue weighted by molar-refractivity contribution is 6.30. The molecule has 0 aliphatic heterocycles. The molecule has 6 rings (SSSR count). The second-order valence-corrected chi connectivity index (χ2v) is 8.89. The minimum Gasteiger partial charge on any atom is -0.268 e. The van der Waals surface area contributed by atoms with Crippen LogP contribution in [-0.4, -0.2) is 31.7 Å². The minimum absolute atomic E-state index is 0.153. The van der Waals surface area contributed by atoms with Crippen LogP contribution in [0.5, 0.6) is 0 Å². The molecule has 3 heterocycles. The van der Waals surface area contributed by atoms with E-state index in [-0.39, 0.29) is 16.9 Å². The van der Waals surface area contributed by atoms with Crippen LogP contribution in [-0.2, 0) is 0 Å². The van der Waals surface area contributed by atoms with Crippen LogP contribution in [0.4, 0.5) is 11.5 Å². The number of imide groups is 1. The van der Waals surface area contributed by atoms with E-state index in [9.17, 15) is 19.7 Å². The topological polar surface area (TPSA) is 119 Å². The van der Waals surface area contributed by atoms with Gasteiger partial charge in [0.2, 0.25) is 5.82 Å². The summed E-state index contributed by atoms with van der Waals surface area (Å²) in [6, 6.07) is 27.3. The van der Waals surface area contributed by atoms with Crippen molar-refractivity contribution in [3.8, 4) is 11.1 Å². The fourth-order valence-electron chi connectivity index (χ4n) is 4.63. The van der Waals surface area contributed by atoms with Crippen molar-refractivity contribution < 1.29 is 14.5 Å². The van der Waals surface area contributed by atoms with E-state index >= 15 is 0 Å². The standard InChI is InChI=1S/C31H19N5O4/c37-30(24-14-16-32-26-12-6-4-10-22(24)26)35(31(38)25-15-17-33-27-13-7-5-11-23(25)27)29-28(36(39)40)18-21(19-34-29)20-8-2-1-3-9-20/h1-19H. The third-order valence-electron chi connectivity index (χ3n) is 6.53. The second-order valence-electron chi connectivity index (χ2n) is 8.89. The Morgan fingerprint density at radius 1 is 0.650 bits per heavy atom. The molecule has 192 valence electrons. The Bertz CT molecular complexity index is 1840. The smallest absolute Gasteiger partial charge is 0.268 e. The van der Waals surface area contributed by atoms with E-state index in [1.54, 1.807) is 72.8 Å². The fraction of sp³-hybridized carbons (Fsp3) is 0. The molecule has 0 saturated heterocycles. The number of fused-ring (bicyclic) bond motifs is 2. The van der Waals surface area contributed by atoms with Crippen LogP contribution >= 0.6 is 0 Å². The molecule has 0 radical (unpaired) electrons. The Morgan fingerprint density at radius 3 is 1.73 bits per heavy atom. The number of carbonyl (C=O) groups is 2. The molecular weight excluding hydrogens is 506 g/mol. The van der Waals surface area contributed by atoms with Gasteiger partial charge in [-0.3, -0.25) is 29.7 Å². The third kappa shape index (κ3) is 4.31. The van der Waals surface area contributed by atoms with Crippen molar-refractivity contribution in [2.24, 2.45) is 0 Å². The highest BCUT2D eigenvalue weighted by Crippen LogP contribution is 2.34. The minimum atomic E-state index is -0.771. The van der Waals surface area contributed by atoms with Crippen molar-refractivity contribution in [1.82, 2.24) is 15.0 Å². The summed E-state index contributed by atoms with van der Waals surface area (Å²) in [4.78, 5) is 53.9. The Morgan fingerprint density at radius 2 is 1.18 bits per heavy atom. The maximum Gasteiger partial charge on any atom is 0.313 e. The van der Waals surface area contributed by atoms with Crippen molar-refractivity contribution in [1.29, 1.82) is 0 Å². The third-order valence-corrected chi connectivity index (χ3v) is 6.53. The summed E-state index contributed by atoms with van der Waals surface area (Å²) in [5.41, 5.74) is 2.07. The molecule has 9 nitrogen and oxygen atoms in total. The summed E-state index contributed by atoms with van der Waals surface area (Å²) in [7, 11) is 0. The van der Waals surface area contributed by atoms with Gasteiger partial charge < -0.3 is 0 Å². The summed E-state index contributed by atoms with van der Waals surface area (Å²) in [6.07, 6.45) is 4.33. The summed E-state index contributed by atoms with van der Waals surface area (Å²) in [6.45, 7) is 0. The molecule has 0 bridgehead atoms. The highest BCUT2D eigenvalue weighted by Gasteiger charge is 2.35. The van der Waals surface area contributed by atoms with Crippen molar-refractivity contribution in [3.05, 3.63) is 137 Å². The first kappa shape index (κ1) is 24.5. The van der Waals surface area contributed by atoms with Crippen molar-refractivity contribution in [3.63, 3.8) is 0 Å². The normalized spacial score (nSPS) is 10.9. The van der Waals surface area contributed by atoms with Crippen LogP contribution in [0.1, 0.15) is 20.7 Å². The van der Waals surface area contributed by atoms with Crippen LogP contribution in [0.15, 0.2) is 116 Å². The molecule has 0 aliphatic carbocycles. The second kappa shape index (κ2) is 10.1. The lowest BCUT2D eigenvalue weighted by molar-refractivity contribution is -0.384. The van der Waals surface area contributed by atoms with Crippen LogP contribution in [0, 0.1) is 10.1 Å². The lowest BCUT2D eigenvalue weighted by atomic mass is 10.0. The average molecular weight is 526 g/mol. The molecule has 40 heavy (non-hydrogen) atoms. The molecule has 0 atom stereocenters. The number of carbonyl (C=O) groups excluding carboxylic acids is 2. The number of anilines is 1. The number of rotatable bonds is 5. The largest absolute Gasteiger partial charge is 0.313 e. The first-order valence-corrected chi connectivity index (χ1v) is 12.3. The van der Waals surface area contributed by atoms with Crippen molar-refractivity contribution in [2.75, 3.05) is 4.90 Å². The lowest BCUT2D eigenvalue weighted by Crippen LogP contribution is -2.38. The number of nitrogens with zero attached hydrogens (tertiary/aromatic N) is 5. The van der Waals surface area contributed by atoms with Crippen LogP contribution in [0.3, 0.4) is 0 Å². The zero-order valence-corrected chi connectivity index (χ0v) is 20.8. The van der Waals surface area contributed by atoms with Gasteiger partial charge in [0.15, 0.2) is 0 Å². The molecule has 0 aliphatic rings. The van der Waals surface area contributed by atoms with E-state index in [1.807, 2.05) is 6.07 Å². The molecule has 6 aromatic rings. The van der Waals surface area contributed by atoms with Gasteiger partial charge in [0, 0.05) is 41.0 Å². The van der Waals surface area contributed by atoms with E-state index in [0.29, 0.717) is 32.9 Å². The number of nitro groups is 1. The first-order chi connectivity index (χ1) is 19.5. The van der Waals surface area contributed by atoms with Crippen LogP contribution in [0.2, 0.25) is 0 Å². The number of hydrogen-bond acceptors (Lipinski definition) is 7. The molecular formula is C31H19N5O4. The quantitative estimate of drug-likeness (QED) is 0.148. The van der Waals surface area contributed by atoms with Gasteiger partial charge in [-0.25, -0.2) is 9.88 Å². The van der Waals surface area contributed by atoms with Gasteiger partial charge in [-0.05, 0) is 29.8 Å². The zero-order chi connectivity index (χ0) is 27.6. The van der Waals surface area contributed by atoms with Gasteiger partial charge in [-0.15, -0.1) is 0 Å². The lowest BCUT2D eigenvalue weighted by Gasteiger charge is -2.21. The van der Waals surface area contributed by atoms with E-state index in [2.05, 4.69) is 15.0 Å². The highest BCUT2D eigenvalue weighted by atomic mass is 16.6. The molecule has 0 N–H and O–H groups in total. The summed E-state index contributed by atoms with van der Waals surface area (Å²) in [5.74, 6) is -1.93. The molecule has 3 aromatic heterocycles. The molecule has 0 spiro atoms. The van der Waals surface area contributed by atoms with Crippen LogP contribution < -0.4 is 4.90 Å². The maximum atomic E-state index is 14.2. The number of benzene rings is 3. The van der Waals surface area contributed by atoms with E-state index < -0.39 is 22.4 Å². The van der Waals surface area contributed by atoms with Gasteiger partial charge in [0.1, 0.15) is 0 Å². The molecule has 3 aromatic carbocycles. The number of hydrogen-bond donors (Lipinski definition) is 0. The molecule has 9 heteroatoms. The zero-order valence-electron chi connectivity index (χ0n) is 20.8. The Balaban J connectivity index is 1.58. The average Bonchev–Trinajstić information content (AvgIpc) is 3.01. The van der Waals surface area contributed by atoms with Crippen molar-refractivity contribution >= 4 is 45.1 Å². The Hall–Kier alpha value is -5.83. The van der Waals surface area contributed by atoms with Crippen molar-refractivity contribution in [2.45, 2.75) is 0 Å². The number of amides is 2. The molecule has 2 amide bonds. The molecule has 0 fully saturated rings. The SMILES string of the molecule is O=C(c1ccnc2ccccc12)N(C(=O)c1ccnc2ccccc12)c1ncc(-c2ccccc2)cc1[N+](=O)[O-]. The van der Waals surface area contributed by atoms with Gasteiger partial charge in [-0.1, -0.05) is 66.7 Å². The van der Waals surface area contributed by atoms with Gasteiger partial charge in [0.05, 0.1) is 27.1 Å². The van der Waals surface area contributed by atoms with E-state index in [4.69, 9.17) is 0 Å². The summed E-state index contributed by atoms with van der Waals surface area (Å²) < 4.78 is 0. The first-order valence-electron chi connectivity index (χ1n) is 12.3. The Labute approximate surface area is 227 Å². The van der Waals surface area contributed by atoms with Gasteiger partial charge in [0.25, 0.3) is 11.8 Å². The predicted molar refractivity (Wildman–Crippen MR) is 151 cm³/mol. The number of pyridine rings is 3. The summed E-state index contributed by atoms with van der Waals surface area (Å²) in [5, 5.41) is 13.3. The molecule has 0 unspecified atom stereocenters. The monoisotopic (exact) mass is 525 g/mol. The van der Waals surface area contributed by atoms with Crippen LogP contribution in [0.25, 0.3) is 32.9 Å². The molecule has 0 saturated carbocycles. The summed E-state index contributed by atoms with van der Waals surface area (Å²) >= 11 is 0. The number of aromatic nitrogens is 3. The van der Waals surface area contributed by atoms with Gasteiger partial charge >= 0.3 is 5.69 Å². The Kier molecular flexibility index (Phi) is 6.21. The fourth-order valence-corrected chi connectivity index (χ4v) is 4.63.